The highest BCUT2D eigenvalue weighted by atomic mass is 15.4. The highest BCUT2D eigenvalue weighted by Crippen LogP contribution is 2.28. The third-order valence-corrected chi connectivity index (χ3v) is 3.73. The van der Waals surface area contributed by atoms with Gasteiger partial charge in [-0.2, -0.15) is 0 Å². The molecule has 0 saturated heterocycles. The van der Waals surface area contributed by atoms with Crippen LogP contribution < -0.4 is 4.90 Å². The minimum Gasteiger partial charge on any atom is -0.336 e. The van der Waals surface area contributed by atoms with Gasteiger partial charge >= 0.3 is 0 Å². The first-order valence-electron chi connectivity index (χ1n) is 6.66. The number of benzene rings is 2. The maximum absolute atomic E-state index is 4.76. The van der Waals surface area contributed by atoms with Gasteiger partial charge in [-0.3, -0.25) is 0 Å². The van der Waals surface area contributed by atoms with Gasteiger partial charge in [0.15, 0.2) is 0 Å². The average Bonchev–Trinajstić information content (AvgIpc) is 3.00. The first-order chi connectivity index (χ1) is 9.42. The maximum atomic E-state index is 4.76. The highest BCUT2D eigenvalue weighted by molar-refractivity contribution is 5.79. The molecule has 0 N–H and O–H groups in total. The predicted octanol–water partition coefficient (Wildman–Crippen LogP) is 3.06. The van der Waals surface area contributed by atoms with E-state index >= 15 is 0 Å². The van der Waals surface area contributed by atoms with Gasteiger partial charge in [0.25, 0.3) is 0 Å². The summed E-state index contributed by atoms with van der Waals surface area (Å²) in [5, 5.41) is 0. The quantitative estimate of drug-likeness (QED) is 0.696. The fraction of sp³-hybridized carbons (Fsp3) is 0.188. The van der Waals surface area contributed by atoms with Gasteiger partial charge in [0, 0.05) is 19.6 Å². The summed E-state index contributed by atoms with van der Waals surface area (Å²) in [5.74, 6) is 1.10. The lowest BCUT2D eigenvalue weighted by Gasteiger charge is -2.15. The number of hydrogen-bond donors (Lipinski definition) is 0. The van der Waals surface area contributed by atoms with Gasteiger partial charge in [-0.1, -0.05) is 42.5 Å². The van der Waals surface area contributed by atoms with E-state index in [2.05, 4.69) is 58.0 Å². The van der Waals surface area contributed by atoms with Gasteiger partial charge in [0.05, 0.1) is 11.0 Å². The van der Waals surface area contributed by atoms with Gasteiger partial charge in [0.2, 0.25) is 5.95 Å². The number of hydrogen-bond acceptors (Lipinski definition) is 2. The molecule has 0 amide bonds. The van der Waals surface area contributed by atoms with E-state index < -0.39 is 0 Å². The molecule has 3 nitrogen and oxygen atoms in total. The largest absolute Gasteiger partial charge is 0.336 e. The van der Waals surface area contributed by atoms with E-state index in [-0.39, 0.29) is 0 Å². The SMILES string of the molecule is c1ccc(CN2CCn3c2nc2ccccc23)cc1. The minimum atomic E-state index is 0.935. The second-order valence-electron chi connectivity index (χ2n) is 4.96. The number of nitrogens with zero attached hydrogens (tertiary/aromatic N) is 3. The van der Waals surface area contributed by atoms with Crippen molar-refractivity contribution in [2.45, 2.75) is 13.1 Å². The zero-order chi connectivity index (χ0) is 12.7. The van der Waals surface area contributed by atoms with Crippen molar-refractivity contribution in [2.75, 3.05) is 11.4 Å². The van der Waals surface area contributed by atoms with Crippen LogP contribution in [0.5, 0.6) is 0 Å². The van der Waals surface area contributed by atoms with E-state index in [4.69, 9.17) is 4.98 Å². The summed E-state index contributed by atoms with van der Waals surface area (Å²) in [7, 11) is 0. The monoisotopic (exact) mass is 249 g/mol. The maximum Gasteiger partial charge on any atom is 0.206 e. The summed E-state index contributed by atoms with van der Waals surface area (Å²) in [6.45, 7) is 3.01. The summed E-state index contributed by atoms with van der Waals surface area (Å²) >= 11 is 0. The third kappa shape index (κ3) is 1.70. The van der Waals surface area contributed by atoms with Crippen LogP contribution in [0.15, 0.2) is 54.6 Å². The van der Waals surface area contributed by atoms with E-state index in [0.29, 0.717) is 0 Å². The topological polar surface area (TPSA) is 21.1 Å². The van der Waals surface area contributed by atoms with Crippen LogP contribution in [0.25, 0.3) is 11.0 Å². The van der Waals surface area contributed by atoms with Crippen LogP contribution in [0.3, 0.4) is 0 Å². The molecule has 3 aromatic rings. The number of anilines is 1. The van der Waals surface area contributed by atoms with Crippen molar-refractivity contribution in [3.63, 3.8) is 0 Å². The highest BCUT2D eigenvalue weighted by Gasteiger charge is 2.22. The Morgan fingerprint density at radius 3 is 2.58 bits per heavy atom. The summed E-state index contributed by atoms with van der Waals surface area (Å²) in [5.41, 5.74) is 3.67. The zero-order valence-electron chi connectivity index (χ0n) is 10.7. The summed E-state index contributed by atoms with van der Waals surface area (Å²) in [6.07, 6.45) is 0. The van der Waals surface area contributed by atoms with E-state index in [0.717, 1.165) is 31.1 Å². The van der Waals surface area contributed by atoms with Crippen molar-refractivity contribution in [1.82, 2.24) is 9.55 Å². The molecule has 4 rings (SSSR count). The van der Waals surface area contributed by atoms with Crippen LogP contribution in [0.1, 0.15) is 5.56 Å². The normalized spacial score (nSPS) is 14.0. The van der Waals surface area contributed by atoms with E-state index in [1.807, 2.05) is 6.07 Å². The van der Waals surface area contributed by atoms with Crippen molar-refractivity contribution in [2.24, 2.45) is 0 Å². The summed E-state index contributed by atoms with van der Waals surface area (Å²) in [6, 6.07) is 18.9. The molecular formula is C16H15N3. The Balaban J connectivity index is 1.72. The van der Waals surface area contributed by atoms with Crippen molar-refractivity contribution in [3.8, 4) is 0 Å². The van der Waals surface area contributed by atoms with Crippen LogP contribution in [0.2, 0.25) is 0 Å². The Morgan fingerprint density at radius 2 is 1.68 bits per heavy atom. The van der Waals surface area contributed by atoms with Crippen LogP contribution in [0.4, 0.5) is 5.95 Å². The van der Waals surface area contributed by atoms with Gasteiger partial charge < -0.3 is 9.47 Å². The fourth-order valence-electron chi connectivity index (χ4n) is 2.80. The molecule has 94 valence electrons. The first kappa shape index (κ1) is 10.6. The Hall–Kier alpha value is -2.29. The van der Waals surface area contributed by atoms with Crippen molar-refractivity contribution >= 4 is 17.0 Å². The lowest BCUT2D eigenvalue weighted by Crippen LogP contribution is -2.20. The molecule has 2 aromatic carbocycles. The standard InChI is InChI=1S/C16H15N3/c1-2-6-13(7-3-1)12-18-10-11-19-15-9-5-4-8-14(15)17-16(18)19/h1-9H,10-12H2. The zero-order valence-corrected chi connectivity index (χ0v) is 10.7. The molecule has 2 heterocycles. The molecular weight excluding hydrogens is 234 g/mol. The second-order valence-corrected chi connectivity index (χ2v) is 4.96. The molecule has 0 saturated carbocycles. The number of para-hydroxylation sites is 2. The molecule has 0 radical (unpaired) electrons. The number of fused-ring (bicyclic) bond motifs is 3. The van der Waals surface area contributed by atoms with Gasteiger partial charge in [0.1, 0.15) is 0 Å². The van der Waals surface area contributed by atoms with Crippen LogP contribution in [-0.4, -0.2) is 16.1 Å². The molecule has 0 atom stereocenters. The summed E-state index contributed by atoms with van der Waals surface area (Å²) < 4.78 is 2.32. The van der Waals surface area contributed by atoms with E-state index in [9.17, 15) is 0 Å². The van der Waals surface area contributed by atoms with Crippen LogP contribution in [0, 0.1) is 0 Å². The van der Waals surface area contributed by atoms with Crippen LogP contribution >= 0.6 is 0 Å². The predicted molar refractivity (Wildman–Crippen MR) is 77.2 cm³/mol. The molecule has 3 heteroatoms. The molecule has 0 fully saturated rings. The number of aromatic nitrogens is 2. The van der Waals surface area contributed by atoms with E-state index in [1.165, 1.54) is 11.1 Å². The van der Waals surface area contributed by atoms with Crippen molar-refractivity contribution in [3.05, 3.63) is 60.2 Å². The molecule has 19 heavy (non-hydrogen) atoms. The average molecular weight is 249 g/mol. The molecule has 1 aliphatic rings. The molecule has 0 bridgehead atoms. The lowest BCUT2D eigenvalue weighted by molar-refractivity contribution is 0.784. The first-order valence-corrected chi connectivity index (χ1v) is 6.66. The van der Waals surface area contributed by atoms with Gasteiger partial charge in [-0.25, -0.2) is 4.98 Å². The Morgan fingerprint density at radius 1 is 0.895 bits per heavy atom. The minimum absolute atomic E-state index is 0.935. The Bertz CT molecular complexity index is 715. The van der Waals surface area contributed by atoms with Gasteiger partial charge in [-0.05, 0) is 17.7 Å². The molecule has 0 spiro atoms. The third-order valence-electron chi connectivity index (χ3n) is 3.73. The van der Waals surface area contributed by atoms with Crippen LogP contribution in [-0.2, 0) is 13.1 Å². The Kier molecular flexibility index (Phi) is 2.30. The lowest BCUT2D eigenvalue weighted by atomic mass is 10.2. The smallest absolute Gasteiger partial charge is 0.206 e. The molecule has 0 aliphatic carbocycles. The van der Waals surface area contributed by atoms with Crippen molar-refractivity contribution in [1.29, 1.82) is 0 Å². The number of rotatable bonds is 2. The number of imidazole rings is 1. The molecule has 1 aromatic heterocycles. The molecule has 0 unspecified atom stereocenters. The second kappa shape index (κ2) is 4.12. The fourth-order valence-corrected chi connectivity index (χ4v) is 2.80. The molecule has 1 aliphatic heterocycles. The Labute approximate surface area is 112 Å². The van der Waals surface area contributed by atoms with Crippen molar-refractivity contribution < 1.29 is 0 Å². The van der Waals surface area contributed by atoms with E-state index in [1.54, 1.807) is 0 Å². The van der Waals surface area contributed by atoms with Gasteiger partial charge in [-0.15, -0.1) is 0 Å². The summed E-state index contributed by atoms with van der Waals surface area (Å²) in [4.78, 5) is 7.12.